The van der Waals surface area contributed by atoms with Gasteiger partial charge in [-0.2, -0.15) is 0 Å². The van der Waals surface area contributed by atoms with Crippen molar-refractivity contribution in [2.75, 3.05) is 44.6 Å². The topological polar surface area (TPSA) is 61.9 Å². The number of anilines is 1. The Morgan fingerprint density at radius 3 is 2.23 bits per heavy atom. The molecule has 0 spiro atoms. The highest BCUT2D eigenvalue weighted by molar-refractivity contribution is 6.43. The third-order valence-electron chi connectivity index (χ3n) is 5.16. The molecule has 6 nitrogen and oxygen atoms in total. The third-order valence-corrected chi connectivity index (χ3v) is 6.18. The van der Waals surface area contributed by atoms with Crippen LogP contribution in [0.1, 0.15) is 11.1 Å². The molecule has 0 saturated carbocycles. The van der Waals surface area contributed by atoms with Crippen molar-refractivity contribution in [1.29, 1.82) is 0 Å². The monoisotopic (exact) mass is 483 g/mol. The number of nitrogens with zero attached hydrogens (tertiary/aromatic N) is 2. The molecule has 0 atom stereocenters. The van der Waals surface area contributed by atoms with E-state index in [2.05, 4.69) is 5.32 Å². The van der Waals surface area contributed by atoms with Gasteiger partial charge in [0.25, 0.3) is 5.91 Å². The number of carbonyl (C=O) groups is 2. The smallest absolute Gasteiger partial charge is 0.260 e. The molecule has 31 heavy (non-hydrogen) atoms. The van der Waals surface area contributed by atoms with Crippen molar-refractivity contribution in [3.8, 4) is 5.75 Å². The number of hydrogen-bond donors (Lipinski definition) is 1. The highest BCUT2D eigenvalue weighted by Crippen LogP contribution is 2.33. The summed E-state index contributed by atoms with van der Waals surface area (Å²) in [6.45, 7) is 6.34. The van der Waals surface area contributed by atoms with Gasteiger partial charge in [0.05, 0.1) is 21.6 Å². The van der Waals surface area contributed by atoms with E-state index in [1.54, 1.807) is 4.90 Å². The van der Waals surface area contributed by atoms with Gasteiger partial charge in [0.15, 0.2) is 6.61 Å². The third kappa shape index (κ3) is 6.26. The zero-order chi connectivity index (χ0) is 22.5. The zero-order valence-corrected chi connectivity index (χ0v) is 19.7. The van der Waals surface area contributed by atoms with Crippen LogP contribution in [0.4, 0.5) is 5.69 Å². The minimum absolute atomic E-state index is 0.0604. The molecule has 166 valence electrons. The molecular weight excluding hydrogens is 461 g/mol. The second-order valence-electron chi connectivity index (χ2n) is 7.46. The Morgan fingerprint density at radius 2 is 1.58 bits per heavy atom. The number of halogens is 3. The van der Waals surface area contributed by atoms with Crippen molar-refractivity contribution in [3.63, 3.8) is 0 Å². The summed E-state index contributed by atoms with van der Waals surface area (Å²) in [5, 5.41) is 3.92. The van der Waals surface area contributed by atoms with Crippen molar-refractivity contribution in [2.45, 2.75) is 13.8 Å². The number of ether oxygens (including phenoxy) is 1. The van der Waals surface area contributed by atoms with Crippen LogP contribution in [0.2, 0.25) is 15.1 Å². The number of benzene rings is 2. The Hall–Kier alpha value is -1.99. The van der Waals surface area contributed by atoms with E-state index in [1.807, 2.05) is 36.9 Å². The summed E-state index contributed by atoms with van der Waals surface area (Å²) in [4.78, 5) is 28.7. The highest BCUT2D eigenvalue weighted by Gasteiger charge is 2.23. The number of amides is 2. The van der Waals surface area contributed by atoms with Gasteiger partial charge >= 0.3 is 0 Å². The molecule has 1 heterocycles. The fourth-order valence-electron chi connectivity index (χ4n) is 3.39. The Morgan fingerprint density at radius 1 is 0.968 bits per heavy atom. The lowest BCUT2D eigenvalue weighted by atomic mass is 10.1. The van der Waals surface area contributed by atoms with E-state index in [1.165, 1.54) is 12.1 Å². The second kappa shape index (κ2) is 10.6. The van der Waals surface area contributed by atoms with Crippen LogP contribution in [0, 0.1) is 13.8 Å². The van der Waals surface area contributed by atoms with Gasteiger partial charge in [0.1, 0.15) is 5.75 Å². The Kier molecular flexibility index (Phi) is 8.06. The normalized spacial score (nSPS) is 14.4. The quantitative estimate of drug-likeness (QED) is 0.616. The highest BCUT2D eigenvalue weighted by atomic mass is 35.5. The lowest BCUT2D eigenvalue weighted by Crippen LogP contribution is -2.51. The van der Waals surface area contributed by atoms with Gasteiger partial charge in [-0.15, -0.1) is 0 Å². The van der Waals surface area contributed by atoms with Gasteiger partial charge in [-0.3, -0.25) is 14.5 Å². The minimum atomic E-state index is -0.151. The molecule has 2 aromatic rings. The van der Waals surface area contributed by atoms with Crippen molar-refractivity contribution in [3.05, 3.63) is 56.5 Å². The van der Waals surface area contributed by atoms with Gasteiger partial charge < -0.3 is 15.0 Å². The van der Waals surface area contributed by atoms with Crippen LogP contribution in [-0.2, 0) is 9.59 Å². The molecule has 1 aliphatic rings. The molecule has 2 amide bonds. The molecular formula is C22H24Cl3N3O3. The molecule has 1 aliphatic heterocycles. The van der Waals surface area contributed by atoms with Crippen molar-refractivity contribution >= 4 is 52.3 Å². The molecule has 1 fully saturated rings. The molecule has 2 aromatic carbocycles. The van der Waals surface area contributed by atoms with E-state index in [0.29, 0.717) is 47.0 Å². The lowest BCUT2D eigenvalue weighted by Gasteiger charge is -2.34. The van der Waals surface area contributed by atoms with Crippen molar-refractivity contribution in [2.24, 2.45) is 0 Å². The van der Waals surface area contributed by atoms with Crippen LogP contribution in [0.3, 0.4) is 0 Å². The Balaban J connectivity index is 1.45. The standard InChI is InChI=1S/C22H24Cl3N3O3/c1-14-4-3-5-15(2)22(14)26-20(29)12-27-6-8-28(9-7-27)21(30)13-31-19-11-17(24)16(23)10-18(19)25/h3-5,10-11H,6-9,12-13H2,1-2H3,(H,26,29). The maximum Gasteiger partial charge on any atom is 0.260 e. The first kappa shape index (κ1) is 23.7. The summed E-state index contributed by atoms with van der Waals surface area (Å²) < 4.78 is 5.52. The molecule has 0 radical (unpaired) electrons. The second-order valence-corrected chi connectivity index (χ2v) is 8.68. The fraction of sp³-hybridized carbons (Fsp3) is 0.364. The number of piperazine rings is 1. The summed E-state index contributed by atoms with van der Waals surface area (Å²) in [7, 11) is 0. The van der Waals surface area contributed by atoms with Crippen LogP contribution >= 0.6 is 34.8 Å². The van der Waals surface area contributed by atoms with Gasteiger partial charge in [0, 0.05) is 37.9 Å². The SMILES string of the molecule is Cc1cccc(C)c1NC(=O)CN1CCN(C(=O)COc2cc(Cl)c(Cl)cc2Cl)CC1. The first-order valence-corrected chi connectivity index (χ1v) is 11.0. The summed E-state index contributed by atoms with van der Waals surface area (Å²) in [5.41, 5.74) is 2.93. The van der Waals surface area contributed by atoms with E-state index in [4.69, 9.17) is 39.5 Å². The van der Waals surface area contributed by atoms with Crippen LogP contribution in [0.25, 0.3) is 0 Å². The van der Waals surface area contributed by atoms with Crippen LogP contribution in [0.5, 0.6) is 5.75 Å². The first-order chi connectivity index (χ1) is 14.7. The van der Waals surface area contributed by atoms with Crippen LogP contribution < -0.4 is 10.1 Å². The predicted octanol–water partition coefficient (Wildman–Crippen LogP) is 4.43. The van der Waals surface area contributed by atoms with Gasteiger partial charge in [-0.05, 0) is 31.0 Å². The van der Waals surface area contributed by atoms with Gasteiger partial charge in [-0.25, -0.2) is 0 Å². The average molecular weight is 485 g/mol. The van der Waals surface area contributed by atoms with Gasteiger partial charge in [0.2, 0.25) is 5.91 Å². The van der Waals surface area contributed by atoms with E-state index in [0.717, 1.165) is 16.8 Å². The van der Waals surface area contributed by atoms with Crippen LogP contribution in [0.15, 0.2) is 30.3 Å². The van der Waals surface area contributed by atoms with Gasteiger partial charge in [-0.1, -0.05) is 53.0 Å². The maximum atomic E-state index is 12.5. The summed E-state index contributed by atoms with van der Waals surface area (Å²) in [5.74, 6) is 0.0998. The maximum absolute atomic E-state index is 12.5. The molecule has 1 saturated heterocycles. The number of para-hydroxylation sites is 1. The number of hydrogen-bond acceptors (Lipinski definition) is 4. The van der Waals surface area contributed by atoms with E-state index in [9.17, 15) is 9.59 Å². The zero-order valence-electron chi connectivity index (χ0n) is 17.4. The predicted molar refractivity (Wildman–Crippen MR) is 125 cm³/mol. The van der Waals surface area contributed by atoms with Crippen molar-refractivity contribution < 1.29 is 14.3 Å². The first-order valence-electron chi connectivity index (χ1n) is 9.88. The average Bonchev–Trinajstić information content (AvgIpc) is 2.73. The molecule has 0 aromatic heterocycles. The molecule has 0 aliphatic carbocycles. The lowest BCUT2D eigenvalue weighted by molar-refractivity contribution is -0.135. The molecule has 9 heteroatoms. The Bertz CT molecular complexity index is 956. The van der Waals surface area contributed by atoms with Crippen molar-refractivity contribution in [1.82, 2.24) is 9.80 Å². The van der Waals surface area contributed by atoms with E-state index in [-0.39, 0.29) is 25.0 Å². The summed E-state index contributed by atoms with van der Waals surface area (Å²) in [6.07, 6.45) is 0. The fourth-order valence-corrected chi connectivity index (χ4v) is 3.99. The number of aryl methyl sites for hydroxylation is 2. The molecule has 0 unspecified atom stereocenters. The molecule has 1 N–H and O–H groups in total. The van der Waals surface area contributed by atoms with E-state index < -0.39 is 0 Å². The molecule has 0 bridgehead atoms. The largest absolute Gasteiger partial charge is 0.482 e. The van der Waals surface area contributed by atoms with E-state index >= 15 is 0 Å². The summed E-state index contributed by atoms with van der Waals surface area (Å²) >= 11 is 18.0. The minimum Gasteiger partial charge on any atom is -0.482 e. The van der Waals surface area contributed by atoms with Crippen LogP contribution in [-0.4, -0.2) is 60.9 Å². The number of rotatable bonds is 6. The summed E-state index contributed by atoms with van der Waals surface area (Å²) in [6, 6.07) is 8.88. The number of nitrogens with one attached hydrogen (secondary N) is 1. The Labute approximate surface area is 197 Å². The molecule has 3 rings (SSSR count). The number of carbonyl (C=O) groups excluding carboxylic acids is 2.